The number of carbonyl (C=O) groups is 1. The van der Waals surface area contributed by atoms with Gasteiger partial charge in [-0.25, -0.2) is 4.68 Å². The molecule has 0 bridgehead atoms. The summed E-state index contributed by atoms with van der Waals surface area (Å²) in [6, 6.07) is 19.6. The molecule has 7 nitrogen and oxygen atoms in total. The smallest absolute Gasteiger partial charge is 0.272 e. The fraction of sp³-hybridized carbons (Fsp3) is 0.174. The highest BCUT2D eigenvalue weighted by molar-refractivity contribution is 6.31. The molecule has 0 aliphatic carbocycles. The summed E-state index contributed by atoms with van der Waals surface area (Å²) in [4.78, 5) is 12.4. The molecule has 0 unspecified atom stereocenters. The molecule has 8 heteroatoms. The molecule has 2 aromatic carbocycles. The third-order valence-corrected chi connectivity index (χ3v) is 5.04. The Morgan fingerprint density at radius 2 is 1.74 bits per heavy atom. The van der Waals surface area contributed by atoms with E-state index < -0.39 is 0 Å². The van der Waals surface area contributed by atoms with Gasteiger partial charge in [0.2, 0.25) is 0 Å². The zero-order valence-corrected chi connectivity index (χ0v) is 17.8. The van der Waals surface area contributed by atoms with Crippen LogP contribution in [0.25, 0.3) is 11.1 Å². The highest BCUT2D eigenvalue weighted by atomic mass is 35.5. The van der Waals surface area contributed by atoms with Gasteiger partial charge in [0.15, 0.2) is 6.73 Å². The number of rotatable bonds is 8. The molecule has 158 valence electrons. The lowest BCUT2D eigenvalue weighted by Crippen LogP contribution is -2.24. The van der Waals surface area contributed by atoms with E-state index in [0.717, 1.165) is 16.9 Å². The van der Waals surface area contributed by atoms with Crippen molar-refractivity contribution in [1.82, 2.24) is 24.9 Å². The van der Waals surface area contributed by atoms with E-state index in [0.29, 0.717) is 23.0 Å². The fourth-order valence-electron chi connectivity index (χ4n) is 3.04. The number of aryl methyl sites for hydroxylation is 1. The van der Waals surface area contributed by atoms with Crippen molar-refractivity contribution in [1.29, 1.82) is 0 Å². The van der Waals surface area contributed by atoms with Crippen LogP contribution in [-0.4, -0.2) is 25.5 Å². The molecule has 0 aliphatic heterocycles. The number of aromatic nitrogens is 4. The maximum Gasteiger partial charge on any atom is 0.272 e. The van der Waals surface area contributed by atoms with Crippen LogP contribution in [0.2, 0.25) is 5.02 Å². The Kier molecular flexibility index (Phi) is 6.33. The fourth-order valence-corrected chi connectivity index (χ4v) is 3.26. The first-order valence-electron chi connectivity index (χ1n) is 9.94. The van der Waals surface area contributed by atoms with E-state index in [9.17, 15) is 4.79 Å². The van der Waals surface area contributed by atoms with Crippen molar-refractivity contribution in [2.24, 2.45) is 0 Å². The summed E-state index contributed by atoms with van der Waals surface area (Å²) in [6.07, 6.45) is 3.44. The number of nitrogens with zero attached hydrogens (tertiary/aromatic N) is 4. The standard InChI is InChI=1S/C23H22ClN5O2/c1-2-28-15-20(24)22(27-28)14-25-23(30)21-12-13-29(26-21)16-31-19-10-8-18(9-11-19)17-6-4-3-5-7-17/h3-13,15H,2,14,16H2,1H3,(H,25,30). The summed E-state index contributed by atoms with van der Waals surface area (Å²) in [5, 5.41) is 11.9. The quantitative estimate of drug-likeness (QED) is 0.445. The molecule has 31 heavy (non-hydrogen) atoms. The van der Waals surface area contributed by atoms with E-state index in [1.807, 2.05) is 49.4 Å². The number of hydrogen-bond donors (Lipinski definition) is 1. The minimum Gasteiger partial charge on any atom is -0.471 e. The van der Waals surface area contributed by atoms with Gasteiger partial charge < -0.3 is 10.1 Å². The van der Waals surface area contributed by atoms with Crippen LogP contribution >= 0.6 is 11.6 Å². The van der Waals surface area contributed by atoms with Crippen molar-refractivity contribution in [3.63, 3.8) is 0 Å². The molecule has 0 spiro atoms. The highest BCUT2D eigenvalue weighted by Gasteiger charge is 2.12. The summed E-state index contributed by atoms with van der Waals surface area (Å²) in [7, 11) is 0. The van der Waals surface area contributed by atoms with Gasteiger partial charge in [-0.2, -0.15) is 10.2 Å². The second-order valence-corrected chi connectivity index (χ2v) is 7.27. The molecule has 4 aromatic rings. The van der Waals surface area contributed by atoms with Crippen LogP contribution in [0.3, 0.4) is 0 Å². The Balaban J connectivity index is 1.30. The number of halogens is 1. The third kappa shape index (κ3) is 5.13. The van der Waals surface area contributed by atoms with Gasteiger partial charge in [0.25, 0.3) is 5.91 Å². The molecule has 0 atom stereocenters. The summed E-state index contributed by atoms with van der Waals surface area (Å²) in [6.45, 7) is 3.12. The Hall–Kier alpha value is -3.58. The van der Waals surface area contributed by atoms with Gasteiger partial charge in [0.05, 0.1) is 11.6 Å². The van der Waals surface area contributed by atoms with E-state index in [2.05, 4.69) is 27.6 Å². The Morgan fingerprint density at radius 3 is 2.45 bits per heavy atom. The molecule has 0 aliphatic rings. The van der Waals surface area contributed by atoms with Gasteiger partial charge in [0, 0.05) is 18.9 Å². The van der Waals surface area contributed by atoms with Gasteiger partial charge in [-0.3, -0.25) is 9.48 Å². The summed E-state index contributed by atoms with van der Waals surface area (Å²) in [5.41, 5.74) is 3.20. The van der Waals surface area contributed by atoms with Crippen molar-refractivity contribution in [2.45, 2.75) is 26.7 Å². The topological polar surface area (TPSA) is 74.0 Å². The molecule has 1 amide bonds. The maximum atomic E-state index is 12.4. The molecular formula is C23H22ClN5O2. The first kappa shape index (κ1) is 20.7. The second kappa shape index (κ2) is 9.49. The largest absolute Gasteiger partial charge is 0.471 e. The van der Waals surface area contributed by atoms with Crippen LogP contribution in [-0.2, 0) is 19.8 Å². The summed E-state index contributed by atoms with van der Waals surface area (Å²) < 4.78 is 9.07. The van der Waals surface area contributed by atoms with Crippen molar-refractivity contribution >= 4 is 17.5 Å². The molecule has 0 radical (unpaired) electrons. The SMILES string of the molecule is CCn1cc(Cl)c(CNC(=O)c2ccn(COc3ccc(-c4ccccc4)cc3)n2)n1. The predicted molar refractivity (Wildman–Crippen MR) is 119 cm³/mol. The average Bonchev–Trinajstić information content (AvgIpc) is 3.43. The monoisotopic (exact) mass is 435 g/mol. The zero-order valence-electron chi connectivity index (χ0n) is 17.0. The molecule has 0 saturated heterocycles. The number of ether oxygens (including phenoxy) is 1. The van der Waals surface area contributed by atoms with E-state index >= 15 is 0 Å². The van der Waals surface area contributed by atoms with Gasteiger partial charge in [-0.15, -0.1) is 0 Å². The van der Waals surface area contributed by atoms with Crippen molar-refractivity contribution in [3.8, 4) is 16.9 Å². The molecule has 1 N–H and O–H groups in total. The van der Waals surface area contributed by atoms with Gasteiger partial charge >= 0.3 is 0 Å². The zero-order chi connectivity index (χ0) is 21.6. The van der Waals surface area contributed by atoms with Crippen LogP contribution in [0.5, 0.6) is 5.75 Å². The number of amides is 1. The Morgan fingerprint density at radius 1 is 1.00 bits per heavy atom. The third-order valence-electron chi connectivity index (χ3n) is 4.73. The van der Waals surface area contributed by atoms with Crippen LogP contribution < -0.4 is 10.1 Å². The molecule has 0 saturated carbocycles. The summed E-state index contributed by atoms with van der Waals surface area (Å²) in [5.74, 6) is 0.426. The van der Waals surface area contributed by atoms with Gasteiger partial charge in [-0.05, 0) is 36.2 Å². The van der Waals surface area contributed by atoms with Gasteiger partial charge in [0.1, 0.15) is 17.1 Å². The first-order chi connectivity index (χ1) is 15.1. The van der Waals surface area contributed by atoms with Crippen molar-refractivity contribution in [2.75, 3.05) is 0 Å². The lowest BCUT2D eigenvalue weighted by molar-refractivity contribution is 0.0943. The maximum absolute atomic E-state index is 12.4. The highest BCUT2D eigenvalue weighted by Crippen LogP contribution is 2.22. The number of hydrogen-bond acceptors (Lipinski definition) is 4. The van der Waals surface area contributed by atoms with Crippen molar-refractivity contribution < 1.29 is 9.53 Å². The number of nitrogens with one attached hydrogen (secondary N) is 1. The van der Waals surface area contributed by atoms with E-state index in [4.69, 9.17) is 16.3 Å². The van der Waals surface area contributed by atoms with Crippen LogP contribution in [0.15, 0.2) is 73.1 Å². The predicted octanol–water partition coefficient (Wildman–Crippen LogP) is 4.39. The van der Waals surface area contributed by atoms with E-state index in [1.54, 1.807) is 27.8 Å². The van der Waals surface area contributed by atoms with E-state index in [1.165, 1.54) is 0 Å². The normalized spacial score (nSPS) is 10.8. The molecular weight excluding hydrogens is 414 g/mol. The average molecular weight is 436 g/mol. The molecule has 4 rings (SSSR count). The Labute approximate surface area is 185 Å². The first-order valence-corrected chi connectivity index (χ1v) is 10.3. The van der Waals surface area contributed by atoms with E-state index in [-0.39, 0.29) is 19.2 Å². The van der Waals surface area contributed by atoms with Crippen LogP contribution in [0.4, 0.5) is 0 Å². The number of benzene rings is 2. The molecule has 2 aromatic heterocycles. The Bertz CT molecular complexity index is 1150. The van der Waals surface area contributed by atoms with Gasteiger partial charge in [-0.1, -0.05) is 54.1 Å². The van der Waals surface area contributed by atoms with Crippen LogP contribution in [0.1, 0.15) is 23.1 Å². The summed E-state index contributed by atoms with van der Waals surface area (Å²) >= 11 is 6.13. The molecule has 0 fully saturated rings. The molecule has 2 heterocycles. The van der Waals surface area contributed by atoms with Crippen molar-refractivity contribution in [3.05, 3.63) is 89.5 Å². The van der Waals surface area contributed by atoms with Crippen LogP contribution in [0, 0.1) is 0 Å². The second-order valence-electron chi connectivity index (χ2n) is 6.87. The minimum atomic E-state index is -0.298. The lowest BCUT2D eigenvalue weighted by Gasteiger charge is -2.07. The lowest BCUT2D eigenvalue weighted by atomic mass is 10.1. The minimum absolute atomic E-state index is 0.199. The number of carbonyl (C=O) groups excluding carboxylic acids is 1.